The second-order valence-corrected chi connectivity index (χ2v) is 6.17. The second-order valence-electron chi connectivity index (χ2n) is 6.17. The maximum atomic E-state index is 14.7. The first-order valence-corrected chi connectivity index (χ1v) is 8.37. The van der Waals surface area contributed by atoms with Crippen LogP contribution in [0.3, 0.4) is 0 Å². The lowest BCUT2D eigenvalue weighted by atomic mass is 9.86. The van der Waals surface area contributed by atoms with Crippen LogP contribution < -0.4 is 10.1 Å². The van der Waals surface area contributed by atoms with E-state index in [0.717, 1.165) is 16.8 Å². The summed E-state index contributed by atoms with van der Waals surface area (Å²) in [5, 5.41) is 3.13. The van der Waals surface area contributed by atoms with Crippen molar-refractivity contribution in [1.82, 2.24) is 5.32 Å². The molecule has 1 heterocycles. The highest BCUT2D eigenvalue weighted by Crippen LogP contribution is 2.38. The Hall–Kier alpha value is -2.62. The third-order valence-corrected chi connectivity index (χ3v) is 4.39. The summed E-state index contributed by atoms with van der Waals surface area (Å²) >= 11 is 0. The Morgan fingerprint density at radius 3 is 2.40 bits per heavy atom. The monoisotopic (exact) mass is 341 g/mol. The van der Waals surface area contributed by atoms with Crippen LogP contribution in [0.5, 0.6) is 5.75 Å². The standard InChI is InChI=1S/C21H21F2NO/c1-4-25-16-11-18(22)20(19(23)12-16)21-17(10-13(2)14(3)24-21)15-8-6-5-7-9-15/h5-9,11-13,24H,3-4,10H2,1-2H3. The van der Waals surface area contributed by atoms with Crippen LogP contribution in [0.4, 0.5) is 8.78 Å². The first kappa shape index (κ1) is 17.2. The maximum absolute atomic E-state index is 14.7. The van der Waals surface area contributed by atoms with Crippen LogP contribution >= 0.6 is 0 Å². The van der Waals surface area contributed by atoms with Crippen molar-refractivity contribution < 1.29 is 13.5 Å². The number of ether oxygens (including phenoxy) is 1. The molecule has 0 saturated heterocycles. The van der Waals surface area contributed by atoms with Crippen molar-refractivity contribution in [3.8, 4) is 5.75 Å². The SMILES string of the molecule is C=C1NC(c2c(F)cc(OCC)cc2F)=C(c2ccccc2)CC1C. The van der Waals surface area contributed by atoms with Gasteiger partial charge in [-0.1, -0.05) is 43.8 Å². The van der Waals surface area contributed by atoms with Crippen LogP contribution in [0.1, 0.15) is 31.4 Å². The van der Waals surface area contributed by atoms with Crippen molar-refractivity contribution >= 4 is 11.3 Å². The minimum Gasteiger partial charge on any atom is -0.494 e. The van der Waals surface area contributed by atoms with E-state index in [0.29, 0.717) is 18.7 Å². The highest BCUT2D eigenvalue weighted by Gasteiger charge is 2.27. The third kappa shape index (κ3) is 3.43. The summed E-state index contributed by atoms with van der Waals surface area (Å²) < 4.78 is 34.6. The molecule has 0 fully saturated rings. The summed E-state index contributed by atoms with van der Waals surface area (Å²) in [6, 6.07) is 12.1. The molecule has 130 valence electrons. The molecular weight excluding hydrogens is 320 g/mol. The number of halogens is 2. The Labute approximate surface area is 146 Å². The fraction of sp³-hybridized carbons (Fsp3) is 0.238. The van der Waals surface area contributed by atoms with Gasteiger partial charge in [-0.3, -0.25) is 0 Å². The highest BCUT2D eigenvalue weighted by atomic mass is 19.1. The van der Waals surface area contributed by atoms with Gasteiger partial charge in [0.2, 0.25) is 0 Å². The zero-order valence-electron chi connectivity index (χ0n) is 14.4. The number of nitrogens with one attached hydrogen (secondary N) is 1. The molecule has 1 aliphatic rings. The summed E-state index contributed by atoms with van der Waals surface area (Å²) in [5.41, 5.74) is 2.93. The van der Waals surface area contributed by atoms with E-state index in [1.165, 1.54) is 12.1 Å². The van der Waals surface area contributed by atoms with Gasteiger partial charge in [0.25, 0.3) is 0 Å². The number of benzene rings is 2. The van der Waals surface area contributed by atoms with Crippen LogP contribution in [0, 0.1) is 17.6 Å². The molecule has 4 heteroatoms. The van der Waals surface area contributed by atoms with Crippen LogP contribution in [-0.2, 0) is 0 Å². The normalized spacial score (nSPS) is 17.4. The number of hydrogen-bond acceptors (Lipinski definition) is 2. The molecule has 25 heavy (non-hydrogen) atoms. The lowest BCUT2D eigenvalue weighted by molar-refractivity contribution is 0.335. The average Bonchev–Trinajstić information content (AvgIpc) is 2.58. The molecule has 0 aliphatic carbocycles. The Balaban J connectivity index is 2.19. The highest BCUT2D eigenvalue weighted by molar-refractivity contribution is 5.92. The molecule has 1 N–H and O–H groups in total. The summed E-state index contributed by atoms with van der Waals surface area (Å²) in [6.45, 7) is 8.15. The fourth-order valence-corrected chi connectivity index (χ4v) is 3.04. The van der Waals surface area contributed by atoms with Gasteiger partial charge < -0.3 is 10.1 Å². The topological polar surface area (TPSA) is 21.3 Å². The molecule has 1 atom stereocenters. The van der Waals surface area contributed by atoms with Crippen LogP contribution in [0.25, 0.3) is 11.3 Å². The van der Waals surface area contributed by atoms with E-state index >= 15 is 0 Å². The minimum atomic E-state index is -0.651. The first-order chi connectivity index (χ1) is 12.0. The van der Waals surface area contributed by atoms with E-state index in [1.807, 2.05) is 37.3 Å². The van der Waals surface area contributed by atoms with Crippen molar-refractivity contribution in [2.24, 2.45) is 5.92 Å². The molecule has 2 aromatic carbocycles. The maximum Gasteiger partial charge on any atom is 0.139 e. The quantitative estimate of drug-likeness (QED) is 0.807. The van der Waals surface area contributed by atoms with Gasteiger partial charge in [0.05, 0.1) is 17.9 Å². The molecule has 0 amide bonds. The van der Waals surface area contributed by atoms with Crippen molar-refractivity contribution in [3.63, 3.8) is 0 Å². The lowest BCUT2D eigenvalue weighted by Gasteiger charge is -2.29. The van der Waals surface area contributed by atoms with Gasteiger partial charge in [0.1, 0.15) is 17.4 Å². The number of allylic oxidation sites excluding steroid dienone is 2. The van der Waals surface area contributed by atoms with Gasteiger partial charge in [-0.25, -0.2) is 8.78 Å². The molecule has 2 nitrogen and oxygen atoms in total. The van der Waals surface area contributed by atoms with Crippen LogP contribution in [-0.4, -0.2) is 6.61 Å². The van der Waals surface area contributed by atoms with Gasteiger partial charge >= 0.3 is 0 Å². The summed E-state index contributed by atoms with van der Waals surface area (Å²) in [7, 11) is 0. The van der Waals surface area contributed by atoms with Crippen molar-refractivity contribution in [3.05, 3.63) is 77.5 Å². The Bertz CT molecular complexity index is 804. The first-order valence-electron chi connectivity index (χ1n) is 8.37. The van der Waals surface area contributed by atoms with Gasteiger partial charge in [0, 0.05) is 17.8 Å². The largest absolute Gasteiger partial charge is 0.494 e. The summed E-state index contributed by atoms with van der Waals surface area (Å²) in [6.07, 6.45) is 0.664. The second kappa shape index (κ2) is 7.09. The molecular formula is C21H21F2NO. The smallest absolute Gasteiger partial charge is 0.139 e. The van der Waals surface area contributed by atoms with E-state index in [-0.39, 0.29) is 17.2 Å². The predicted molar refractivity (Wildman–Crippen MR) is 96.8 cm³/mol. The molecule has 0 bridgehead atoms. The van der Waals surface area contributed by atoms with Gasteiger partial charge in [0.15, 0.2) is 0 Å². The lowest BCUT2D eigenvalue weighted by Crippen LogP contribution is -2.25. The van der Waals surface area contributed by atoms with E-state index in [1.54, 1.807) is 6.92 Å². The summed E-state index contributed by atoms with van der Waals surface area (Å²) in [4.78, 5) is 0. The van der Waals surface area contributed by atoms with E-state index in [9.17, 15) is 8.78 Å². The molecule has 0 saturated carbocycles. The summed E-state index contributed by atoms with van der Waals surface area (Å²) in [5.74, 6) is -0.942. The molecule has 3 rings (SSSR count). The molecule has 1 aliphatic heterocycles. The van der Waals surface area contributed by atoms with Crippen molar-refractivity contribution in [1.29, 1.82) is 0 Å². The van der Waals surface area contributed by atoms with E-state index in [4.69, 9.17) is 4.74 Å². The van der Waals surface area contributed by atoms with Gasteiger partial charge in [-0.05, 0) is 30.4 Å². The molecule has 0 spiro atoms. The van der Waals surface area contributed by atoms with Crippen LogP contribution in [0.15, 0.2) is 54.7 Å². The Kier molecular flexibility index (Phi) is 4.88. The molecule has 0 radical (unpaired) electrons. The third-order valence-electron chi connectivity index (χ3n) is 4.39. The Morgan fingerprint density at radius 2 is 1.80 bits per heavy atom. The number of rotatable bonds is 4. The Morgan fingerprint density at radius 1 is 1.16 bits per heavy atom. The predicted octanol–water partition coefficient (Wildman–Crippen LogP) is 5.37. The van der Waals surface area contributed by atoms with Crippen LogP contribution in [0.2, 0.25) is 0 Å². The zero-order valence-corrected chi connectivity index (χ0v) is 14.4. The zero-order chi connectivity index (χ0) is 18.0. The fourth-order valence-electron chi connectivity index (χ4n) is 3.04. The van der Waals surface area contributed by atoms with Gasteiger partial charge in [-0.2, -0.15) is 0 Å². The molecule has 1 unspecified atom stereocenters. The van der Waals surface area contributed by atoms with Gasteiger partial charge in [-0.15, -0.1) is 0 Å². The number of hydrogen-bond donors (Lipinski definition) is 1. The molecule has 0 aromatic heterocycles. The van der Waals surface area contributed by atoms with Crippen molar-refractivity contribution in [2.45, 2.75) is 20.3 Å². The molecule has 2 aromatic rings. The average molecular weight is 341 g/mol. The van der Waals surface area contributed by atoms with E-state index < -0.39 is 11.6 Å². The van der Waals surface area contributed by atoms with Crippen molar-refractivity contribution in [2.75, 3.05) is 6.61 Å². The minimum absolute atomic E-state index is 0.0737. The van der Waals surface area contributed by atoms with E-state index in [2.05, 4.69) is 11.9 Å².